The fourth-order valence-corrected chi connectivity index (χ4v) is 1.96. The molecule has 0 amide bonds. The van der Waals surface area contributed by atoms with Gasteiger partial charge in [0.15, 0.2) is 0 Å². The number of ether oxygens (including phenoxy) is 1. The number of rotatable bonds is 3. The van der Waals surface area contributed by atoms with E-state index in [1.54, 1.807) is 11.8 Å². The van der Waals surface area contributed by atoms with Gasteiger partial charge >= 0.3 is 0 Å². The van der Waals surface area contributed by atoms with Crippen LogP contribution in [-0.4, -0.2) is 19.5 Å². The van der Waals surface area contributed by atoms with Gasteiger partial charge in [-0.15, -0.1) is 11.8 Å². The lowest BCUT2D eigenvalue weighted by Gasteiger charge is -2.41. The predicted molar refractivity (Wildman–Crippen MR) is 58.0 cm³/mol. The second kappa shape index (κ2) is 3.90. The van der Waals surface area contributed by atoms with Crippen LogP contribution in [0.3, 0.4) is 0 Å². The lowest BCUT2D eigenvalue weighted by atomic mass is 9.89. The van der Waals surface area contributed by atoms with E-state index in [1.165, 1.54) is 10.5 Å². The Hall–Kier alpha value is -0.550. The van der Waals surface area contributed by atoms with E-state index >= 15 is 0 Å². The number of hydrogen-bond acceptors (Lipinski definition) is 4. The summed E-state index contributed by atoms with van der Waals surface area (Å²) in [7, 11) is 0. The number of nitrogens with two attached hydrogens (primary N) is 1. The van der Waals surface area contributed by atoms with Gasteiger partial charge in [0.1, 0.15) is 5.54 Å². The Bertz CT molecular complexity index is 303. The molecule has 4 heteroatoms. The largest absolute Gasteiger partial charge is 0.377 e. The van der Waals surface area contributed by atoms with Crippen molar-refractivity contribution in [3.05, 3.63) is 29.8 Å². The van der Waals surface area contributed by atoms with Gasteiger partial charge in [0.05, 0.1) is 13.2 Å². The molecule has 1 fully saturated rings. The smallest absolute Gasteiger partial charge is 0.103 e. The van der Waals surface area contributed by atoms with E-state index < -0.39 is 0 Å². The third kappa shape index (κ3) is 1.54. The van der Waals surface area contributed by atoms with Crippen LogP contribution in [0.4, 0.5) is 0 Å². The fourth-order valence-electron chi connectivity index (χ4n) is 1.55. The lowest BCUT2D eigenvalue weighted by molar-refractivity contribution is -0.0787. The average Bonchev–Trinajstić information content (AvgIpc) is 2.18. The third-order valence-corrected chi connectivity index (χ3v) is 3.36. The molecule has 2 rings (SSSR count). The summed E-state index contributed by atoms with van der Waals surface area (Å²) in [5, 5.41) is 0. The minimum atomic E-state index is -0.156. The van der Waals surface area contributed by atoms with E-state index in [0.29, 0.717) is 13.2 Å². The minimum Gasteiger partial charge on any atom is -0.377 e. The van der Waals surface area contributed by atoms with E-state index in [2.05, 4.69) is 35.9 Å². The maximum atomic E-state index is 5.54. The van der Waals surface area contributed by atoms with Crippen molar-refractivity contribution in [2.45, 2.75) is 10.4 Å². The van der Waals surface area contributed by atoms with Crippen molar-refractivity contribution in [1.82, 2.24) is 5.43 Å². The first-order valence-electron chi connectivity index (χ1n) is 4.51. The predicted octanol–water partition coefficient (Wildman–Crippen LogP) is 1.10. The second-order valence-electron chi connectivity index (χ2n) is 3.45. The molecule has 0 spiro atoms. The zero-order valence-electron chi connectivity index (χ0n) is 8.12. The number of hydrazine groups is 1. The minimum absolute atomic E-state index is 0.156. The maximum Gasteiger partial charge on any atom is 0.103 e. The molecule has 1 heterocycles. The monoisotopic (exact) mass is 210 g/mol. The molecule has 0 bridgehead atoms. The first kappa shape index (κ1) is 9.98. The van der Waals surface area contributed by atoms with E-state index in [-0.39, 0.29) is 5.54 Å². The summed E-state index contributed by atoms with van der Waals surface area (Å²) in [4.78, 5) is 1.26. The number of thioether (sulfide) groups is 1. The normalized spacial score (nSPS) is 19.0. The SMILES string of the molecule is CSc1ccc(C2(NN)COC2)cc1. The molecule has 1 aromatic carbocycles. The molecule has 3 nitrogen and oxygen atoms in total. The molecule has 0 unspecified atom stereocenters. The Morgan fingerprint density at radius 3 is 2.36 bits per heavy atom. The third-order valence-electron chi connectivity index (χ3n) is 2.62. The zero-order chi connectivity index (χ0) is 10.0. The summed E-state index contributed by atoms with van der Waals surface area (Å²) < 4.78 is 5.19. The van der Waals surface area contributed by atoms with Crippen molar-refractivity contribution in [1.29, 1.82) is 0 Å². The van der Waals surface area contributed by atoms with Crippen LogP contribution in [0.2, 0.25) is 0 Å². The Balaban J connectivity index is 2.23. The van der Waals surface area contributed by atoms with E-state index in [4.69, 9.17) is 10.6 Å². The molecule has 14 heavy (non-hydrogen) atoms. The Kier molecular flexibility index (Phi) is 2.78. The van der Waals surface area contributed by atoms with Crippen LogP contribution in [-0.2, 0) is 10.3 Å². The summed E-state index contributed by atoms with van der Waals surface area (Å²) in [6.07, 6.45) is 2.07. The van der Waals surface area contributed by atoms with Crippen LogP contribution in [0.25, 0.3) is 0 Å². The van der Waals surface area contributed by atoms with Crippen molar-refractivity contribution < 1.29 is 4.74 Å². The summed E-state index contributed by atoms with van der Waals surface area (Å²) in [5.41, 5.74) is 3.88. The highest BCUT2D eigenvalue weighted by molar-refractivity contribution is 7.98. The van der Waals surface area contributed by atoms with Gasteiger partial charge in [0.2, 0.25) is 0 Å². The van der Waals surface area contributed by atoms with Gasteiger partial charge in [-0.25, -0.2) is 5.43 Å². The molecule has 0 radical (unpaired) electrons. The number of benzene rings is 1. The standard InChI is InChI=1S/C10H14N2OS/c1-14-9-4-2-8(3-5-9)10(12-11)6-13-7-10/h2-5,12H,6-7,11H2,1H3. The highest BCUT2D eigenvalue weighted by atomic mass is 32.2. The van der Waals surface area contributed by atoms with Crippen LogP contribution < -0.4 is 11.3 Å². The maximum absolute atomic E-state index is 5.54. The molecular weight excluding hydrogens is 196 g/mol. The first-order chi connectivity index (χ1) is 6.80. The van der Waals surface area contributed by atoms with Crippen molar-refractivity contribution in [2.75, 3.05) is 19.5 Å². The molecule has 0 saturated carbocycles. The summed E-state index contributed by atoms with van der Waals surface area (Å²) in [5.74, 6) is 5.54. The van der Waals surface area contributed by atoms with Crippen molar-refractivity contribution in [2.24, 2.45) is 5.84 Å². The van der Waals surface area contributed by atoms with E-state index in [0.717, 1.165) is 0 Å². The topological polar surface area (TPSA) is 47.3 Å². The zero-order valence-corrected chi connectivity index (χ0v) is 8.93. The summed E-state index contributed by atoms with van der Waals surface area (Å²) in [6.45, 7) is 1.31. The van der Waals surface area contributed by atoms with Gasteiger partial charge in [0.25, 0.3) is 0 Å². The molecule has 1 saturated heterocycles. The molecule has 0 aromatic heterocycles. The quantitative estimate of drug-likeness (QED) is 0.445. The second-order valence-corrected chi connectivity index (χ2v) is 4.33. The molecule has 1 aromatic rings. The van der Waals surface area contributed by atoms with E-state index in [1.807, 2.05) is 0 Å². The van der Waals surface area contributed by atoms with Gasteiger partial charge in [-0.05, 0) is 24.0 Å². The fraction of sp³-hybridized carbons (Fsp3) is 0.400. The Labute approximate surface area is 88.0 Å². The van der Waals surface area contributed by atoms with Crippen molar-refractivity contribution in [3.63, 3.8) is 0 Å². The first-order valence-corrected chi connectivity index (χ1v) is 5.73. The lowest BCUT2D eigenvalue weighted by Crippen LogP contribution is -2.60. The van der Waals surface area contributed by atoms with Gasteiger partial charge in [-0.1, -0.05) is 12.1 Å². The molecule has 0 aliphatic carbocycles. The molecule has 76 valence electrons. The highest BCUT2D eigenvalue weighted by Gasteiger charge is 2.39. The van der Waals surface area contributed by atoms with Gasteiger partial charge in [-0.2, -0.15) is 0 Å². The molecule has 1 aliphatic heterocycles. The Morgan fingerprint density at radius 2 is 2.00 bits per heavy atom. The van der Waals surface area contributed by atoms with Crippen LogP contribution in [0, 0.1) is 0 Å². The molecular formula is C10H14N2OS. The summed E-state index contributed by atoms with van der Waals surface area (Å²) >= 11 is 1.74. The number of hydrogen-bond donors (Lipinski definition) is 2. The average molecular weight is 210 g/mol. The summed E-state index contributed by atoms with van der Waals surface area (Å²) in [6, 6.07) is 8.43. The van der Waals surface area contributed by atoms with Crippen LogP contribution in [0.5, 0.6) is 0 Å². The van der Waals surface area contributed by atoms with Crippen molar-refractivity contribution in [3.8, 4) is 0 Å². The molecule has 0 atom stereocenters. The van der Waals surface area contributed by atoms with E-state index in [9.17, 15) is 0 Å². The van der Waals surface area contributed by atoms with Gasteiger partial charge in [-0.3, -0.25) is 5.84 Å². The van der Waals surface area contributed by atoms with Crippen LogP contribution in [0.15, 0.2) is 29.2 Å². The molecule has 3 N–H and O–H groups in total. The molecule has 1 aliphatic rings. The van der Waals surface area contributed by atoms with Crippen LogP contribution in [0.1, 0.15) is 5.56 Å². The number of nitrogens with one attached hydrogen (secondary N) is 1. The van der Waals surface area contributed by atoms with Gasteiger partial charge < -0.3 is 4.74 Å². The highest BCUT2D eigenvalue weighted by Crippen LogP contribution is 2.29. The van der Waals surface area contributed by atoms with Crippen LogP contribution >= 0.6 is 11.8 Å². The van der Waals surface area contributed by atoms with Gasteiger partial charge in [0, 0.05) is 4.90 Å². The van der Waals surface area contributed by atoms with Crippen molar-refractivity contribution >= 4 is 11.8 Å². The Morgan fingerprint density at radius 1 is 1.36 bits per heavy atom.